The second-order valence-corrected chi connectivity index (χ2v) is 10.5. The Morgan fingerprint density at radius 2 is 1.76 bits per heavy atom. The van der Waals surface area contributed by atoms with Crippen molar-refractivity contribution in [2.45, 2.75) is 46.1 Å². The number of nitrogens with zero attached hydrogens (tertiary/aromatic N) is 7. The van der Waals surface area contributed by atoms with E-state index < -0.39 is 35.9 Å². The van der Waals surface area contributed by atoms with Crippen LogP contribution in [-0.4, -0.2) is 45.7 Å². The number of ether oxygens (including phenoxy) is 1. The maximum atomic E-state index is 15.5. The van der Waals surface area contributed by atoms with Crippen LogP contribution in [0, 0.1) is 17.5 Å². The summed E-state index contributed by atoms with van der Waals surface area (Å²) < 4.78 is 97.1. The first-order valence-electron chi connectivity index (χ1n) is 14.5. The standard InChI is InChI=1S/C29H19ClF6N8O3.C2H6/c30-17-5-4-15(20(31)8-17)12-46-25-3-1-2-23(38-25)19-9-21(32)16(6-22(19)33)7-24-39-40-26(27-41-42-28(45)47-27)44(24)11-18-10-37-14-43(18)13-29(34,35)36;1-2/h1-6,8-10,14H,7,11-13H2,(H,42,45);1-2H3. The fourth-order valence-corrected chi connectivity index (χ4v) is 4.78. The first-order valence-corrected chi connectivity index (χ1v) is 14.9. The van der Waals surface area contributed by atoms with E-state index in [0.29, 0.717) is 0 Å². The molecule has 6 rings (SSSR count). The third kappa shape index (κ3) is 8.35. The minimum Gasteiger partial charge on any atom is -0.473 e. The summed E-state index contributed by atoms with van der Waals surface area (Å²) in [5.41, 5.74) is -0.0795. The monoisotopic (exact) mass is 706 g/mol. The molecule has 49 heavy (non-hydrogen) atoms. The van der Waals surface area contributed by atoms with E-state index in [1.165, 1.54) is 41.1 Å². The molecule has 11 nitrogen and oxygen atoms in total. The average Bonchev–Trinajstić information content (AvgIpc) is 3.79. The molecule has 256 valence electrons. The van der Waals surface area contributed by atoms with Crippen LogP contribution in [0.3, 0.4) is 0 Å². The zero-order chi connectivity index (χ0) is 35.3. The second-order valence-electron chi connectivity index (χ2n) is 10.1. The lowest BCUT2D eigenvalue weighted by Gasteiger charge is -2.14. The lowest BCUT2D eigenvalue weighted by atomic mass is 10.0. The third-order valence-electron chi connectivity index (χ3n) is 6.80. The summed E-state index contributed by atoms with van der Waals surface area (Å²) in [6.07, 6.45) is -2.76. The normalized spacial score (nSPS) is 11.4. The molecule has 0 unspecified atom stereocenters. The number of rotatable bonds is 10. The van der Waals surface area contributed by atoms with Crippen molar-refractivity contribution >= 4 is 11.6 Å². The summed E-state index contributed by atoms with van der Waals surface area (Å²) in [6, 6.07) is 10.3. The van der Waals surface area contributed by atoms with Gasteiger partial charge in [0.15, 0.2) is 0 Å². The Balaban J connectivity index is 0.00000230. The molecule has 1 N–H and O–H groups in total. The minimum atomic E-state index is -4.55. The Morgan fingerprint density at radius 1 is 0.980 bits per heavy atom. The van der Waals surface area contributed by atoms with E-state index in [1.54, 1.807) is 0 Å². The van der Waals surface area contributed by atoms with Crippen molar-refractivity contribution in [3.8, 4) is 28.9 Å². The maximum absolute atomic E-state index is 15.5. The topological polar surface area (TPSA) is 130 Å². The molecule has 4 aromatic heterocycles. The smallest absolute Gasteiger partial charge is 0.434 e. The molecule has 0 aliphatic carbocycles. The van der Waals surface area contributed by atoms with Gasteiger partial charge in [-0.1, -0.05) is 37.6 Å². The van der Waals surface area contributed by atoms with Gasteiger partial charge in [-0.15, -0.1) is 15.3 Å². The molecule has 0 fully saturated rings. The van der Waals surface area contributed by atoms with Gasteiger partial charge in [0.05, 0.1) is 24.3 Å². The summed E-state index contributed by atoms with van der Waals surface area (Å²) in [4.78, 5) is 19.6. The maximum Gasteiger partial charge on any atom is 0.434 e. The highest BCUT2D eigenvalue weighted by Gasteiger charge is 2.29. The highest BCUT2D eigenvalue weighted by Crippen LogP contribution is 2.28. The number of aromatic amines is 1. The molecular formula is C31H25ClF6N8O3. The third-order valence-corrected chi connectivity index (χ3v) is 7.03. The molecule has 0 spiro atoms. The van der Waals surface area contributed by atoms with Gasteiger partial charge in [0.25, 0.3) is 5.89 Å². The lowest BCUT2D eigenvalue weighted by Crippen LogP contribution is -2.20. The van der Waals surface area contributed by atoms with Crippen molar-refractivity contribution in [1.29, 1.82) is 0 Å². The Bertz CT molecular complexity index is 2120. The van der Waals surface area contributed by atoms with Crippen molar-refractivity contribution in [2.75, 3.05) is 0 Å². The summed E-state index contributed by atoms with van der Waals surface area (Å²) in [6.45, 7) is 2.14. The molecule has 18 heteroatoms. The van der Waals surface area contributed by atoms with Crippen LogP contribution in [0.2, 0.25) is 5.02 Å². The Hall–Kier alpha value is -5.45. The van der Waals surface area contributed by atoms with Gasteiger partial charge in [-0.05, 0) is 35.9 Å². The van der Waals surface area contributed by atoms with Crippen LogP contribution in [0.25, 0.3) is 23.0 Å². The Labute approximate surface area is 278 Å². The van der Waals surface area contributed by atoms with Crippen LogP contribution >= 0.6 is 11.6 Å². The van der Waals surface area contributed by atoms with Gasteiger partial charge in [0, 0.05) is 34.8 Å². The highest BCUT2D eigenvalue weighted by molar-refractivity contribution is 6.30. The van der Waals surface area contributed by atoms with E-state index in [1.807, 2.05) is 13.8 Å². The van der Waals surface area contributed by atoms with E-state index in [9.17, 15) is 22.4 Å². The Morgan fingerprint density at radius 3 is 2.47 bits per heavy atom. The summed E-state index contributed by atoms with van der Waals surface area (Å²) in [5, 5.41) is 13.9. The van der Waals surface area contributed by atoms with Crippen molar-refractivity contribution in [2.24, 2.45) is 0 Å². The van der Waals surface area contributed by atoms with Gasteiger partial charge in [0.2, 0.25) is 11.7 Å². The second kappa shape index (κ2) is 14.8. The molecule has 6 aromatic rings. The molecular weight excluding hydrogens is 682 g/mol. The van der Waals surface area contributed by atoms with Gasteiger partial charge < -0.3 is 18.3 Å². The number of hydrogen-bond acceptors (Lipinski definition) is 8. The molecule has 0 bridgehead atoms. The zero-order valence-electron chi connectivity index (χ0n) is 25.6. The highest BCUT2D eigenvalue weighted by atomic mass is 35.5. The molecule has 0 atom stereocenters. The van der Waals surface area contributed by atoms with Crippen molar-refractivity contribution < 1.29 is 35.5 Å². The van der Waals surface area contributed by atoms with Crippen LogP contribution in [0.1, 0.15) is 36.5 Å². The molecule has 0 aliphatic rings. The molecule has 0 saturated carbocycles. The largest absolute Gasteiger partial charge is 0.473 e. The van der Waals surface area contributed by atoms with Gasteiger partial charge in [-0.3, -0.25) is 0 Å². The van der Waals surface area contributed by atoms with E-state index >= 15 is 8.78 Å². The van der Waals surface area contributed by atoms with Gasteiger partial charge >= 0.3 is 11.9 Å². The van der Waals surface area contributed by atoms with Gasteiger partial charge in [0.1, 0.15) is 36.4 Å². The number of alkyl halides is 3. The van der Waals surface area contributed by atoms with Crippen molar-refractivity contribution in [3.05, 3.63) is 117 Å². The molecule has 0 saturated heterocycles. The molecule has 0 aliphatic heterocycles. The number of imidazole rings is 1. The number of aromatic nitrogens is 8. The van der Waals surface area contributed by atoms with Gasteiger partial charge in [-0.25, -0.2) is 33.0 Å². The summed E-state index contributed by atoms with van der Waals surface area (Å²) in [5.74, 6) is -3.71. The number of nitrogens with one attached hydrogen (secondary N) is 1. The summed E-state index contributed by atoms with van der Waals surface area (Å²) >= 11 is 5.77. The van der Waals surface area contributed by atoms with Crippen LogP contribution in [0.15, 0.2) is 70.3 Å². The molecule has 2 aromatic carbocycles. The first kappa shape index (κ1) is 34.9. The Kier molecular flexibility index (Phi) is 10.5. The lowest BCUT2D eigenvalue weighted by molar-refractivity contribution is -0.141. The van der Waals surface area contributed by atoms with Crippen LogP contribution in [-0.2, 0) is 26.1 Å². The fourth-order valence-electron chi connectivity index (χ4n) is 4.62. The quantitative estimate of drug-likeness (QED) is 0.155. The van der Waals surface area contributed by atoms with Crippen LogP contribution in [0.4, 0.5) is 26.3 Å². The first-order chi connectivity index (χ1) is 23.4. The van der Waals surface area contributed by atoms with Gasteiger partial charge in [-0.2, -0.15) is 13.2 Å². The molecule has 4 heterocycles. The number of halogens is 7. The molecule has 0 amide bonds. The van der Waals surface area contributed by atoms with E-state index in [4.69, 9.17) is 20.8 Å². The zero-order valence-corrected chi connectivity index (χ0v) is 26.4. The van der Waals surface area contributed by atoms with Crippen molar-refractivity contribution in [1.82, 2.24) is 39.5 Å². The fraction of sp³-hybridized carbons (Fsp3) is 0.226. The number of hydrogen-bond donors (Lipinski definition) is 1. The average molecular weight is 707 g/mol. The number of pyridine rings is 1. The molecule has 0 radical (unpaired) electrons. The number of benzene rings is 2. The van der Waals surface area contributed by atoms with Crippen LogP contribution in [0.5, 0.6) is 5.88 Å². The van der Waals surface area contributed by atoms with E-state index in [2.05, 4.69) is 30.4 Å². The predicted molar refractivity (Wildman–Crippen MR) is 163 cm³/mol. The van der Waals surface area contributed by atoms with E-state index in [-0.39, 0.29) is 76.1 Å². The minimum absolute atomic E-state index is 0.0144. The van der Waals surface area contributed by atoms with E-state index in [0.717, 1.165) is 29.1 Å². The SMILES string of the molecule is CC.O=c1[nH]nc(-c2nnc(Cc3cc(F)c(-c4cccc(OCc5ccc(Cl)cc5F)n4)cc3F)n2Cc2cncn2CC(F)(F)F)o1. The summed E-state index contributed by atoms with van der Waals surface area (Å²) in [7, 11) is 0. The van der Waals surface area contributed by atoms with Crippen molar-refractivity contribution in [3.63, 3.8) is 0 Å². The predicted octanol–water partition coefficient (Wildman–Crippen LogP) is 6.76. The number of H-pyrrole nitrogens is 1. The van der Waals surface area contributed by atoms with Crippen LogP contribution < -0.4 is 10.5 Å².